The Hall–Kier alpha value is -2.81. The van der Waals surface area contributed by atoms with Crippen molar-refractivity contribution in [2.45, 2.75) is 33.1 Å². The van der Waals surface area contributed by atoms with Gasteiger partial charge in [-0.3, -0.25) is 14.4 Å². The first-order valence-electron chi connectivity index (χ1n) is 10.7. The number of benzene rings is 1. The van der Waals surface area contributed by atoms with E-state index in [9.17, 15) is 18.8 Å². The van der Waals surface area contributed by atoms with Crippen molar-refractivity contribution in [2.75, 3.05) is 33.3 Å². The third kappa shape index (κ3) is 5.91. The molecule has 3 rings (SSSR count). The van der Waals surface area contributed by atoms with E-state index in [-0.39, 0.29) is 36.1 Å². The molecule has 1 unspecified atom stereocenters. The van der Waals surface area contributed by atoms with Crippen LogP contribution >= 0.6 is 11.3 Å². The molecule has 0 spiro atoms. The van der Waals surface area contributed by atoms with E-state index in [1.807, 2.05) is 0 Å². The van der Waals surface area contributed by atoms with Crippen LogP contribution in [0.25, 0.3) is 0 Å². The second-order valence-corrected chi connectivity index (χ2v) is 9.00. The molecule has 0 bridgehead atoms. The largest absolute Gasteiger partial charge is 0.466 e. The summed E-state index contributed by atoms with van der Waals surface area (Å²) in [6.45, 7) is 4.66. The van der Waals surface area contributed by atoms with Crippen molar-refractivity contribution in [1.82, 2.24) is 14.8 Å². The number of piperidine rings is 1. The van der Waals surface area contributed by atoms with Gasteiger partial charge in [0.25, 0.3) is 5.91 Å². The van der Waals surface area contributed by atoms with Gasteiger partial charge in [-0.1, -0.05) is 12.1 Å². The average Bonchev–Trinajstić information content (AvgIpc) is 3.14. The number of thiazole rings is 1. The molecule has 2 heterocycles. The third-order valence-corrected chi connectivity index (χ3v) is 6.56. The number of rotatable bonds is 7. The van der Waals surface area contributed by atoms with E-state index in [0.717, 1.165) is 17.0 Å². The van der Waals surface area contributed by atoms with Crippen molar-refractivity contribution >= 4 is 29.1 Å². The highest BCUT2D eigenvalue weighted by Crippen LogP contribution is 2.23. The maximum Gasteiger partial charge on any atom is 0.310 e. The number of likely N-dealkylation sites (N-methyl/N-ethyl adjacent to an activating group) is 1. The molecule has 0 saturated carbocycles. The zero-order valence-electron chi connectivity index (χ0n) is 18.6. The molecule has 32 heavy (non-hydrogen) atoms. The van der Waals surface area contributed by atoms with Crippen LogP contribution in [-0.2, 0) is 20.7 Å². The second kappa shape index (κ2) is 10.7. The predicted octanol–water partition coefficient (Wildman–Crippen LogP) is 3.06. The van der Waals surface area contributed by atoms with Crippen molar-refractivity contribution in [3.05, 3.63) is 51.2 Å². The minimum atomic E-state index is -0.314. The molecule has 0 aliphatic carbocycles. The lowest BCUT2D eigenvalue weighted by atomic mass is 9.98. The first-order valence-corrected chi connectivity index (χ1v) is 11.5. The summed E-state index contributed by atoms with van der Waals surface area (Å²) in [7, 11) is 1.59. The monoisotopic (exact) mass is 461 g/mol. The summed E-state index contributed by atoms with van der Waals surface area (Å²) in [4.78, 5) is 45.7. The van der Waals surface area contributed by atoms with Crippen molar-refractivity contribution in [3.63, 3.8) is 0 Å². The number of carbonyl (C=O) groups is 3. The summed E-state index contributed by atoms with van der Waals surface area (Å²) in [5.41, 5.74) is 1.51. The smallest absolute Gasteiger partial charge is 0.310 e. The Labute approximate surface area is 191 Å². The molecule has 0 N–H and O–H groups in total. The van der Waals surface area contributed by atoms with Gasteiger partial charge in [-0.25, -0.2) is 9.37 Å². The zero-order valence-corrected chi connectivity index (χ0v) is 19.4. The topological polar surface area (TPSA) is 79.8 Å². The Morgan fingerprint density at radius 2 is 2.00 bits per heavy atom. The van der Waals surface area contributed by atoms with Crippen LogP contribution in [0.15, 0.2) is 24.3 Å². The first kappa shape index (κ1) is 23.8. The molecule has 1 fully saturated rings. The fraction of sp³-hybridized carbons (Fsp3) is 0.478. The number of halogens is 1. The maximum absolute atomic E-state index is 13.1. The molecule has 7 nitrogen and oxygen atoms in total. The Kier molecular flexibility index (Phi) is 7.95. The summed E-state index contributed by atoms with van der Waals surface area (Å²) in [5.74, 6) is -1.34. The number of nitrogens with zero attached hydrogens (tertiary/aromatic N) is 3. The molecule has 2 aromatic rings. The Balaban J connectivity index is 1.60. The summed E-state index contributed by atoms with van der Waals surface area (Å²) in [6, 6.07) is 6.18. The van der Waals surface area contributed by atoms with Gasteiger partial charge in [-0.05, 0) is 44.4 Å². The second-order valence-electron chi connectivity index (χ2n) is 7.92. The van der Waals surface area contributed by atoms with Crippen LogP contribution in [0, 0.1) is 18.7 Å². The van der Waals surface area contributed by atoms with Crippen LogP contribution in [0.5, 0.6) is 0 Å². The fourth-order valence-electron chi connectivity index (χ4n) is 3.71. The highest BCUT2D eigenvalue weighted by Gasteiger charge is 2.30. The molecule has 1 atom stereocenters. The summed E-state index contributed by atoms with van der Waals surface area (Å²) in [6.07, 6.45) is 1.94. The number of hydrogen-bond acceptors (Lipinski definition) is 6. The van der Waals surface area contributed by atoms with Crippen molar-refractivity contribution in [2.24, 2.45) is 5.92 Å². The molecular weight excluding hydrogens is 433 g/mol. The number of esters is 1. The highest BCUT2D eigenvalue weighted by molar-refractivity contribution is 7.13. The van der Waals surface area contributed by atoms with Crippen LogP contribution in [0.2, 0.25) is 0 Å². The fourth-order valence-corrected chi connectivity index (χ4v) is 4.80. The van der Waals surface area contributed by atoms with Crippen LogP contribution in [0.3, 0.4) is 0 Å². The number of aromatic nitrogens is 1. The van der Waals surface area contributed by atoms with E-state index in [1.165, 1.54) is 28.4 Å². The quantitative estimate of drug-likeness (QED) is 0.592. The molecule has 1 saturated heterocycles. The van der Waals surface area contributed by atoms with Gasteiger partial charge in [0.05, 0.1) is 29.8 Å². The maximum atomic E-state index is 13.1. The Morgan fingerprint density at radius 1 is 1.28 bits per heavy atom. The third-order valence-electron chi connectivity index (χ3n) is 5.42. The van der Waals surface area contributed by atoms with Crippen molar-refractivity contribution in [1.29, 1.82) is 0 Å². The lowest BCUT2D eigenvalue weighted by Crippen LogP contribution is -2.47. The molecule has 2 amide bonds. The molecule has 1 aliphatic heterocycles. The van der Waals surface area contributed by atoms with Gasteiger partial charge in [-0.15, -0.1) is 11.3 Å². The zero-order chi connectivity index (χ0) is 23.3. The van der Waals surface area contributed by atoms with Gasteiger partial charge in [-0.2, -0.15) is 0 Å². The number of hydrogen-bond donors (Lipinski definition) is 0. The van der Waals surface area contributed by atoms with E-state index >= 15 is 0 Å². The van der Waals surface area contributed by atoms with Gasteiger partial charge in [0.2, 0.25) is 5.91 Å². The first-order chi connectivity index (χ1) is 15.3. The molecule has 9 heteroatoms. The highest BCUT2D eigenvalue weighted by atomic mass is 32.1. The molecule has 0 radical (unpaired) electrons. The van der Waals surface area contributed by atoms with Crippen LogP contribution in [0.1, 0.15) is 45.7 Å². The molecule has 1 aromatic heterocycles. The number of carbonyl (C=O) groups excluding carboxylic acids is 3. The van der Waals surface area contributed by atoms with Crippen LogP contribution in [-0.4, -0.2) is 65.9 Å². The lowest BCUT2D eigenvalue weighted by Gasteiger charge is -2.32. The number of ether oxygens (including phenoxy) is 1. The minimum Gasteiger partial charge on any atom is -0.466 e. The van der Waals surface area contributed by atoms with Gasteiger partial charge in [0.15, 0.2) is 0 Å². The van der Waals surface area contributed by atoms with Gasteiger partial charge in [0, 0.05) is 26.6 Å². The summed E-state index contributed by atoms with van der Waals surface area (Å²) < 4.78 is 18.2. The normalized spacial score (nSPS) is 16.0. The Bertz CT molecular complexity index is 976. The van der Waals surface area contributed by atoms with E-state index in [0.29, 0.717) is 43.1 Å². The average molecular weight is 462 g/mol. The number of aryl methyl sites for hydroxylation is 1. The molecule has 1 aliphatic rings. The molecular formula is C23H28FN3O4S. The summed E-state index contributed by atoms with van der Waals surface area (Å²) >= 11 is 1.29. The van der Waals surface area contributed by atoms with Gasteiger partial charge in [0.1, 0.15) is 10.7 Å². The van der Waals surface area contributed by atoms with Gasteiger partial charge >= 0.3 is 5.97 Å². The van der Waals surface area contributed by atoms with E-state index < -0.39 is 0 Å². The standard InChI is InChI=1S/C23H28FN3O4S/c1-4-31-23(30)17-6-5-11-27(13-17)20(28)14-26(3)22(29)21-15(2)25-19(32-21)12-16-7-9-18(24)10-8-16/h7-10,17H,4-6,11-14H2,1-3H3. The van der Waals surface area contributed by atoms with Crippen molar-refractivity contribution in [3.8, 4) is 0 Å². The van der Waals surface area contributed by atoms with E-state index in [4.69, 9.17) is 4.74 Å². The lowest BCUT2D eigenvalue weighted by molar-refractivity contribution is -0.151. The van der Waals surface area contributed by atoms with E-state index in [2.05, 4.69) is 4.98 Å². The van der Waals surface area contributed by atoms with Gasteiger partial charge < -0.3 is 14.5 Å². The SMILES string of the molecule is CCOC(=O)C1CCCN(C(=O)CN(C)C(=O)c2sc(Cc3ccc(F)cc3)nc2C)C1. The Morgan fingerprint density at radius 3 is 2.69 bits per heavy atom. The molecule has 172 valence electrons. The minimum absolute atomic E-state index is 0.0704. The van der Waals surface area contributed by atoms with Crippen LogP contribution in [0.4, 0.5) is 4.39 Å². The van der Waals surface area contributed by atoms with Crippen molar-refractivity contribution < 1.29 is 23.5 Å². The van der Waals surface area contributed by atoms with Crippen LogP contribution < -0.4 is 0 Å². The van der Waals surface area contributed by atoms with E-state index in [1.54, 1.807) is 37.9 Å². The number of likely N-dealkylation sites (tertiary alicyclic amines) is 1. The molecule has 1 aromatic carbocycles. The predicted molar refractivity (Wildman–Crippen MR) is 119 cm³/mol. The number of amides is 2. The summed E-state index contributed by atoms with van der Waals surface area (Å²) in [5, 5.41) is 0.755.